The zero-order valence-corrected chi connectivity index (χ0v) is 12.3. The van der Waals surface area contributed by atoms with Crippen LogP contribution in [-0.2, 0) is 0 Å². The molecule has 0 saturated carbocycles. The SMILES string of the molecule is Cc1ccc2nc(C=Cc3cccc([N+](=O)[O-])c3)c(=O)[nH]c2c1. The average Bonchev–Trinajstić information content (AvgIpc) is 2.53. The van der Waals surface area contributed by atoms with Gasteiger partial charge in [0.25, 0.3) is 11.2 Å². The summed E-state index contributed by atoms with van der Waals surface area (Å²) < 4.78 is 0. The summed E-state index contributed by atoms with van der Waals surface area (Å²) in [5, 5.41) is 10.8. The van der Waals surface area contributed by atoms with Crippen LogP contribution in [0.1, 0.15) is 16.8 Å². The summed E-state index contributed by atoms with van der Waals surface area (Å²) in [7, 11) is 0. The molecule has 0 unspecified atom stereocenters. The Morgan fingerprint density at radius 3 is 2.78 bits per heavy atom. The average molecular weight is 307 g/mol. The van der Waals surface area contributed by atoms with Crippen LogP contribution < -0.4 is 5.56 Å². The molecule has 1 N–H and O–H groups in total. The van der Waals surface area contributed by atoms with Gasteiger partial charge in [-0.25, -0.2) is 4.98 Å². The topological polar surface area (TPSA) is 88.9 Å². The van der Waals surface area contributed by atoms with E-state index in [-0.39, 0.29) is 16.9 Å². The number of nitro benzene ring substituents is 1. The van der Waals surface area contributed by atoms with Crippen molar-refractivity contribution in [2.45, 2.75) is 6.92 Å². The van der Waals surface area contributed by atoms with Crippen molar-refractivity contribution in [3.8, 4) is 0 Å². The van der Waals surface area contributed by atoms with Crippen molar-refractivity contribution in [2.75, 3.05) is 0 Å². The van der Waals surface area contributed by atoms with Crippen molar-refractivity contribution < 1.29 is 4.92 Å². The van der Waals surface area contributed by atoms with E-state index in [4.69, 9.17) is 0 Å². The monoisotopic (exact) mass is 307 g/mol. The smallest absolute Gasteiger partial charge is 0.274 e. The molecule has 0 aliphatic heterocycles. The van der Waals surface area contributed by atoms with Crippen molar-refractivity contribution in [1.82, 2.24) is 9.97 Å². The number of H-pyrrole nitrogens is 1. The van der Waals surface area contributed by atoms with Crippen molar-refractivity contribution in [3.05, 3.63) is 79.8 Å². The van der Waals surface area contributed by atoms with Crippen LogP contribution in [0.3, 0.4) is 0 Å². The van der Waals surface area contributed by atoms with E-state index >= 15 is 0 Å². The number of nitro groups is 1. The molecule has 23 heavy (non-hydrogen) atoms. The number of hydrogen-bond acceptors (Lipinski definition) is 4. The van der Waals surface area contributed by atoms with Crippen LogP contribution >= 0.6 is 0 Å². The lowest BCUT2D eigenvalue weighted by Gasteiger charge is -2.00. The van der Waals surface area contributed by atoms with Gasteiger partial charge in [0, 0.05) is 12.1 Å². The number of aromatic amines is 1. The van der Waals surface area contributed by atoms with Crippen molar-refractivity contribution >= 4 is 28.9 Å². The number of nitrogens with one attached hydrogen (secondary N) is 1. The molecule has 114 valence electrons. The highest BCUT2D eigenvalue weighted by Gasteiger charge is 2.05. The van der Waals surface area contributed by atoms with Crippen LogP contribution in [0.4, 0.5) is 5.69 Å². The first-order valence-electron chi connectivity index (χ1n) is 6.96. The van der Waals surface area contributed by atoms with Crippen LogP contribution in [-0.4, -0.2) is 14.9 Å². The number of aromatic nitrogens is 2. The number of aryl methyl sites for hydroxylation is 1. The molecule has 0 radical (unpaired) electrons. The number of non-ortho nitro benzene ring substituents is 1. The molecular weight excluding hydrogens is 294 g/mol. The van der Waals surface area contributed by atoms with Gasteiger partial charge < -0.3 is 4.98 Å². The third kappa shape index (κ3) is 3.16. The highest BCUT2D eigenvalue weighted by molar-refractivity contribution is 5.77. The second-order valence-electron chi connectivity index (χ2n) is 5.16. The number of benzene rings is 2. The summed E-state index contributed by atoms with van der Waals surface area (Å²) in [5.41, 5.74) is 3.00. The number of hydrogen-bond donors (Lipinski definition) is 1. The first kappa shape index (κ1) is 14.6. The molecule has 0 spiro atoms. The molecule has 0 aliphatic rings. The molecular formula is C17H13N3O3. The van der Waals surface area contributed by atoms with E-state index in [0.29, 0.717) is 16.6 Å². The molecule has 3 rings (SSSR count). The Balaban J connectivity index is 1.99. The fraction of sp³-hybridized carbons (Fsp3) is 0.0588. The third-order valence-electron chi connectivity index (χ3n) is 3.39. The van der Waals surface area contributed by atoms with Crippen LogP contribution in [0, 0.1) is 17.0 Å². The summed E-state index contributed by atoms with van der Waals surface area (Å²) in [6.07, 6.45) is 3.18. The van der Waals surface area contributed by atoms with Crippen molar-refractivity contribution in [3.63, 3.8) is 0 Å². The van der Waals surface area contributed by atoms with E-state index in [2.05, 4.69) is 9.97 Å². The highest BCUT2D eigenvalue weighted by Crippen LogP contribution is 2.15. The number of rotatable bonds is 3. The van der Waals surface area contributed by atoms with Gasteiger partial charge >= 0.3 is 0 Å². The summed E-state index contributed by atoms with van der Waals surface area (Å²) in [6, 6.07) is 11.8. The normalized spacial score (nSPS) is 11.2. The first-order valence-corrected chi connectivity index (χ1v) is 6.96. The van der Waals surface area contributed by atoms with Crippen LogP contribution in [0.25, 0.3) is 23.2 Å². The third-order valence-corrected chi connectivity index (χ3v) is 3.39. The lowest BCUT2D eigenvalue weighted by molar-refractivity contribution is -0.384. The Kier molecular flexibility index (Phi) is 3.72. The molecule has 1 aromatic heterocycles. The van der Waals surface area contributed by atoms with Crippen molar-refractivity contribution in [1.29, 1.82) is 0 Å². The van der Waals surface area contributed by atoms with Crippen LogP contribution in [0.15, 0.2) is 47.3 Å². The molecule has 0 amide bonds. The Morgan fingerprint density at radius 2 is 2.00 bits per heavy atom. The van der Waals surface area contributed by atoms with Gasteiger partial charge in [0.2, 0.25) is 0 Å². The maximum absolute atomic E-state index is 12.1. The minimum absolute atomic E-state index is 0.00278. The molecule has 3 aromatic rings. The first-order chi connectivity index (χ1) is 11.0. The van der Waals surface area contributed by atoms with Gasteiger partial charge in [0.05, 0.1) is 16.0 Å². The molecule has 0 aliphatic carbocycles. The predicted octanol–water partition coefficient (Wildman–Crippen LogP) is 3.31. The Bertz CT molecular complexity index is 990. The molecule has 1 heterocycles. The minimum atomic E-state index is -0.458. The van der Waals surface area contributed by atoms with E-state index < -0.39 is 4.92 Å². The van der Waals surface area contributed by atoms with E-state index in [1.165, 1.54) is 12.1 Å². The van der Waals surface area contributed by atoms with Gasteiger partial charge in [0.1, 0.15) is 5.69 Å². The second-order valence-corrected chi connectivity index (χ2v) is 5.16. The van der Waals surface area contributed by atoms with E-state index in [1.807, 2.05) is 25.1 Å². The van der Waals surface area contributed by atoms with E-state index in [9.17, 15) is 14.9 Å². The lowest BCUT2D eigenvalue weighted by Crippen LogP contribution is -2.11. The van der Waals surface area contributed by atoms with E-state index in [0.717, 1.165) is 5.56 Å². The molecule has 0 atom stereocenters. The van der Waals surface area contributed by atoms with E-state index in [1.54, 1.807) is 24.3 Å². The highest BCUT2D eigenvalue weighted by atomic mass is 16.6. The maximum Gasteiger partial charge on any atom is 0.274 e. The van der Waals surface area contributed by atoms with Gasteiger partial charge in [-0.2, -0.15) is 0 Å². The summed E-state index contributed by atoms with van der Waals surface area (Å²) in [5.74, 6) is 0. The van der Waals surface area contributed by atoms with Gasteiger partial charge in [0.15, 0.2) is 0 Å². The maximum atomic E-state index is 12.1. The lowest BCUT2D eigenvalue weighted by atomic mass is 10.1. The predicted molar refractivity (Wildman–Crippen MR) is 89.1 cm³/mol. The Labute approximate surface area is 131 Å². The summed E-state index contributed by atoms with van der Waals surface area (Å²) >= 11 is 0. The molecule has 0 bridgehead atoms. The fourth-order valence-corrected chi connectivity index (χ4v) is 2.24. The standard InChI is InChI=1S/C17H13N3O3/c1-11-5-7-14-16(9-11)19-17(21)15(18-14)8-6-12-3-2-4-13(10-12)20(22)23/h2-10H,1H3,(H,19,21). The van der Waals surface area contributed by atoms with Gasteiger partial charge in [-0.3, -0.25) is 14.9 Å². The Morgan fingerprint density at radius 1 is 1.17 bits per heavy atom. The van der Waals surface area contributed by atoms with Crippen LogP contribution in [0.2, 0.25) is 0 Å². The zero-order chi connectivity index (χ0) is 16.4. The molecule has 2 aromatic carbocycles. The molecule has 6 heteroatoms. The largest absolute Gasteiger partial charge is 0.319 e. The van der Waals surface area contributed by atoms with Gasteiger partial charge in [-0.1, -0.05) is 24.3 Å². The zero-order valence-electron chi connectivity index (χ0n) is 12.3. The fourth-order valence-electron chi connectivity index (χ4n) is 2.24. The Hall–Kier alpha value is -3.28. The minimum Gasteiger partial charge on any atom is -0.319 e. The molecule has 0 fully saturated rings. The summed E-state index contributed by atoms with van der Waals surface area (Å²) in [6.45, 7) is 1.94. The second kappa shape index (κ2) is 5.84. The quantitative estimate of drug-likeness (QED) is 0.594. The molecule has 0 saturated heterocycles. The van der Waals surface area contributed by atoms with Gasteiger partial charge in [-0.05, 0) is 36.3 Å². The number of nitrogens with zero attached hydrogens (tertiary/aromatic N) is 2. The number of fused-ring (bicyclic) bond motifs is 1. The van der Waals surface area contributed by atoms with Crippen molar-refractivity contribution in [2.24, 2.45) is 0 Å². The summed E-state index contributed by atoms with van der Waals surface area (Å²) in [4.78, 5) is 29.5. The van der Waals surface area contributed by atoms with Crippen LogP contribution in [0.5, 0.6) is 0 Å². The molecule has 6 nitrogen and oxygen atoms in total. The van der Waals surface area contributed by atoms with Gasteiger partial charge in [-0.15, -0.1) is 0 Å².